The van der Waals surface area contributed by atoms with Crippen LogP contribution in [0.4, 0.5) is 34.1 Å². The number of nitrogens with zero attached hydrogens (tertiary/aromatic N) is 4. The number of urea groups is 2. The SMILES string of the molecule is Nc1c(Cl)cc(C[C@@H](NC(=O)N2CCC(N3Cc4sccc4NC3=O)CC2)C(=O)N2CCC(N3CCCC3)CC2)cc1C(F)(F)F. The summed E-state index contributed by atoms with van der Waals surface area (Å²) in [6.45, 7) is 4.40. The Bertz CT molecular complexity index is 1450. The van der Waals surface area contributed by atoms with Gasteiger partial charge in [0.1, 0.15) is 6.04 Å². The number of benzene rings is 1. The summed E-state index contributed by atoms with van der Waals surface area (Å²) in [4.78, 5) is 48.9. The molecule has 4 aliphatic rings. The van der Waals surface area contributed by atoms with Crippen molar-refractivity contribution in [2.24, 2.45) is 0 Å². The number of halogens is 4. The molecule has 3 saturated heterocycles. The Morgan fingerprint density at radius 3 is 2.35 bits per heavy atom. The number of thiophene rings is 1. The second kappa shape index (κ2) is 13.5. The zero-order chi connectivity index (χ0) is 32.6. The Balaban J connectivity index is 1.13. The first kappa shape index (κ1) is 32.7. The maximum atomic E-state index is 13.9. The monoisotopic (exact) mass is 681 g/mol. The number of piperidine rings is 2. The van der Waals surface area contributed by atoms with Crippen molar-refractivity contribution in [1.82, 2.24) is 24.9 Å². The van der Waals surface area contributed by atoms with Gasteiger partial charge in [-0.15, -0.1) is 11.3 Å². The summed E-state index contributed by atoms with van der Waals surface area (Å²) in [6.07, 6.45) is 0.188. The van der Waals surface area contributed by atoms with Crippen LogP contribution in [-0.4, -0.2) is 95.0 Å². The Morgan fingerprint density at radius 1 is 1.02 bits per heavy atom. The molecule has 0 unspecified atom stereocenters. The van der Waals surface area contributed by atoms with E-state index in [2.05, 4.69) is 15.5 Å². The summed E-state index contributed by atoms with van der Waals surface area (Å²) < 4.78 is 41.2. The van der Waals surface area contributed by atoms with Gasteiger partial charge in [0.25, 0.3) is 0 Å². The van der Waals surface area contributed by atoms with Gasteiger partial charge in [-0.3, -0.25) is 4.79 Å². The molecule has 1 aromatic heterocycles. The molecule has 0 spiro atoms. The number of hydrogen-bond acceptors (Lipinski definition) is 6. The summed E-state index contributed by atoms with van der Waals surface area (Å²) in [5.74, 6) is -0.332. The zero-order valence-corrected chi connectivity index (χ0v) is 27.0. The topological polar surface area (TPSA) is 114 Å². The molecule has 1 aromatic carbocycles. The highest BCUT2D eigenvalue weighted by Gasteiger charge is 2.38. The van der Waals surface area contributed by atoms with Gasteiger partial charge in [0.2, 0.25) is 5.91 Å². The minimum absolute atomic E-state index is 0.0497. The smallest absolute Gasteiger partial charge is 0.397 e. The number of nitrogens with one attached hydrogen (secondary N) is 2. The molecule has 0 radical (unpaired) electrons. The summed E-state index contributed by atoms with van der Waals surface area (Å²) in [5, 5.41) is 7.45. The van der Waals surface area contributed by atoms with E-state index in [1.165, 1.54) is 18.9 Å². The van der Waals surface area contributed by atoms with Gasteiger partial charge in [-0.25, -0.2) is 9.59 Å². The van der Waals surface area contributed by atoms with Crippen molar-refractivity contribution >= 4 is 52.3 Å². The lowest BCUT2D eigenvalue weighted by Crippen LogP contribution is -2.57. The van der Waals surface area contributed by atoms with Gasteiger partial charge in [0, 0.05) is 49.6 Å². The van der Waals surface area contributed by atoms with Gasteiger partial charge in [-0.05, 0) is 80.8 Å². The predicted molar refractivity (Wildman–Crippen MR) is 171 cm³/mol. The fourth-order valence-corrected chi connectivity index (χ4v) is 8.21. The number of carbonyl (C=O) groups excluding carboxylic acids is 3. The van der Waals surface area contributed by atoms with Crippen LogP contribution in [0.1, 0.15) is 54.5 Å². The van der Waals surface area contributed by atoms with Gasteiger partial charge in [0.15, 0.2) is 0 Å². The maximum Gasteiger partial charge on any atom is 0.418 e. The van der Waals surface area contributed by atoms with Crippen molar-refractivity contribution in [3.8, 4) is 0 Å². The van der Waals surface area contributed by atoms with Crippen LogP contribution in [0.5, 0.6) is 0 Å². The van der Waals surface area contributed by atoms with Gasteiger partial charge < -0.3 is 36.0 Å². The molecule has 46 heavy (non-hydrogen) atoms. The zero-order valence-electron chi connectivity index (χ0n) is 25.5. The molecule has 4 aliphatic heterocycles. The van der Waals surface area contributed by atoms with Gasteiger partial charge >= 0.3 is 18.2 Å². The molecule has 6 rings (SSSR count). The van der Waals surface area contributed by atoms with E-state index >= 15 is 0 Å². The number of carbonyl (C=O) groups is 3. The summed E-state index contributed by atoms with van der Waals surface area (Å²) in [7, 11) is 0. The van der Waals surface area contributed by atoms with Crippen LogP contribution in [0.15, 0.2) is 23.6 Å². The number of nitrogens with two attached hydrogens (primary N) is 1. The average Bonchev–Trinajstić information content (AvgIpc) is 3.74. The molecule has 5 amide bonds. The molecule has 5 heterocycles. The lowest BCUT2D eigenvalue weighted by atomic mass is 9.98. The largest absolute Gasteiger partial charge is 0.418 e. The lowest BCUT2D eigenvalue weighted by molar-refractivity contribution is -0.137. The molecule has 0 bridgehead atoms. The molecule has 10 nitrogen and oxygen atoms in total. The molecular formula is C31H39ClF3N7O3S. The molecular weight excluding hydrogens is 643 g/mol. The first-order valence-corrected chi connectivity index (χ1v) is 17.1. The van der Waals surface area contributed by atoms with Crippen molar-refractivity contribution < 1.29 is 27.6 Å². The lowest BCUT2D eigenvalue weighted by Gasteiger charge is -2.40. The minimum atomic E-state index is -4.73. The number of hydrogen-bond donors (Lipinski definition) is 3. The Hall–Kier alpha value is -3.23. The van der Waals surface area contributed by atoms with Crippen LogP contribution in [0.2, 0.25) is 5.02 Å². The van der Waals surface area contributed by atoms with Crippen molar-refractivity contribution in [3.05, 3.63) is 44.6 Å². The van der Waals surface area contributed by atoms with Crippen LogP contribution in [0, 0.1) is 0 Å². The maximum absolute atomic E-state index is 13.9. The van der Waals surface area contributed by atoms with Gasteiger partial charge in [-0.1, -0.05) is 11.6 Å². The normalized spacial score (nSPS) is 20.9. The van der Waals surface area contributed by atoms with E-state index in [1.807, 2.05) is 11.4 Å². The molecule has 250 valence electrons. The van der Waals surface area contributed by atoms with E-state index in [1.54, 1.807) is 26.0 Å². The second-order valence-corrected chi connectivity index (χ2v) is 14.0. The van der Waals surface area contributed by atoms with E-state index in [-0.39, 0.29) is 35.0 Å². The second-order valence-electron chi connectivity index (χ2n) is 12.6. The van der Waals surface area contributed by atoms with Gasteiger partial charge in [0.05, 0.1) is 28.5 Å². The molecule has 3 fully saturated rings. The summed E-state index contributed by atoms with van der Waals surface area (Å²) in [5.41, 5.74) is 4.99. The molecule has 2 aromatic rings. The quantitative estimate of drug-likeness (QED) is 0.362. The van der Waals surface area contributed by atoms with E-state index in [0.29, 0.717) is 51.6 Å². The summed E-state index contributed by atoms with van der Waals surface area (Å²) in [6, 6.07) is 2.75. The predicted octanol–water partition coefficient (Wildman–Crippen LogP) is 5.22. The van der Waals surface area contributed by atoms with Crippen molar-refractivity contribution in [2.75, 3.05) is 50.3 Å². The van der Waals surface area contributed by atoms with E-state index in [4.69, 9.17) is 17.3 Å². The third kappa shape index (κ3) is 7.03. The van der Waals surface area contributed by atoms with Crippen LogP contribution in [-0.2, 0) is 23.9 Å². The molecule has 0 aliphatic carbocycles. The van der Waals surface area contributed by atoms with Crippen LogP contribution < -0.4 is 16.4 Å². The van der Waals surface area contributed by atoms with Crippen LogP contribution in [0.25, 0.3) is 0 Å². The number of likely N-dealkylation sites (tertiary alicyclic amines) is 3. The minimum Gasteiger partial charge on any atom is -0.397 e. The van der Waals surface area contributed by atoms with Crippen molar-refractivity contribution in [2.45, 2.75) is 75.8 Å². The Labute approximate surface area is 275 Å². The molecule has 4 N–H and O–H groups in total. The number of rotatable bonds is 6. The van der Waals surface area contributed by atoms with Crippen molar-refractivity contribution in [1.29, 1.82) is 0 Å². The Morgan fingerprint density at radius 2 is 1.67 bits per heavy atom. The van der Waals surface area contributed by atoms with Crippen molar-refractivity contribution in [3.63, 3.8) is 0 Å². The van der Waals surface area contributed by atoms with Gasteiger partial charge in [-0.2, -0.15) is 13.2 Å². The van der Waals surface area contributed by atoms with E-state index in [9.17, 15) is 27.6 Å². The van der Waals surface area contributed by atoms with E-state index < -0.39 is 29.5 Å². The number of anilines is 2. The molecule has 15 heteroatoms. The number of fused-ring (bicyclic) bond motifs is 1. The fraction of sp³-hybridized carbons (Fsp3) is 0.581. The van der Waals surface area contributed by atoms with Crippen LogP contribution in [0.3, 0.4) is 0 Å². The third-order valence-electron chi connectivity index (χ3n) is 9.72. The first-order chi connectivity index (χ1) is 22.0. The number of alkyl halides is 3. The highest BCUT2D eigenvalue weighted by molar-refractivity contribution is 7.10. The van der Waals surface area contributed by atoms with Crippen LogP contribution >= 0.6 is 22.9 Å². The summed E-state index contributed by atoms with van der Waals surface area (Å²) >= 11 is 7.69. The average molecular weight is 682 g/mol. The first-order valence-electron chi connectivity index (χ1n) is 15.9. The Kier molecular flexibility index (Phi) is 9.58. The third-order valence-corrected chi connectivity index (χ3v) is 10.9. The highest BCUT2D eigenvalue weighted by atomic mass is 35.5. The number of amides is 5. The van der Waals surface area contributed by atoms with E-state index in [0.717, 1.165) is 42.6 Å². The highest BCUT2D eigenvalue weighted by Crippen LogP contribution is 2.38. The fourth-order valence-electron chi connectivity index (χ4n) is 7.14. The standard InChI is InChI=1S/C31H39ClF3N7O3S/c32-23-16-19(15-22(27(23)36)31(33,34)35)17-25(28(43)40-10-3-20(4-11-40)39-8-1-2-9-39)38-29(44)41-12-5-21(6-13-41)42-18-26-24(7-14-46-26)37-30(42)45/h7,14-16,20-21,25H,1-6,8-13,17-18,36H2,(H,37,45)(H,38,44)/t25-/m1/s1. The molecule has 1 atom stereocenters. The molecule has 0 saturated carbocycles. The number of nitrogen functional groups attached to an aromatic ring is 1.